The highest BCUT2D eigenvalue weighted by molar-refractivity contribution is 6.04. The quantitative estimate of drug-likeness (QED) is 0.653. The van der Waals surface area contributed by atoms with Gasteiger partial charge in [-0.05, 0) is 55.3 Å². The molecule has 3 aromatic rings. The molecule has 1 aromatic heterocycles. The molecule has 2 heterocycles. The maximum Gasteiger partial charge on any atom is 0.330 e. The Labute approximate surface area is 161 Å². The third-order valence-corrected chi connectivity index (χ3v) is 4.89. The number of aryl methyl sites for hydroxylation is 1. The zero-order valence-corrected chi connectivity index (χ0v) is 15.4. The van der Waals surface area contributed by atoms with Crippen molar-refractivity contribution in [3.63, 3.8) is 0 Å². The molecule has 3 N–H and O–H groups in total. The highest BCUT2D eigenvalue weighted by Gasteiger charge is 2.22. The van der Waals surface area contributed by atoms with Crippen LogP contribution in [0.2, 0.25) is 0 Å². The normalized spacial score (nSPS) is 16.0. The molecule has 7 heteroatoms. The fourth-order valence-electron chi connectivity index (χ4n) is 3.44. The summed E-state index contributed by atoms with van der Waals surface area (Å²) < 4.78 is 1.54. The number of H-pyrrole nitrogens is 1. The van der Waals surface area contributed by atoms with E-state index in [0.29, 0.717) is 23.4 Å². The van der Waals surface area contributed by atoms with E-state index in [9.17, 15) is 14.4 Å². The highest BCUT2D eigenvalue weighted by Crippen LogP contribution is 2.26. The van der Waals surface area contributed by atoms with E-state index in [2.05, 4.69) is 15.6 Å². The predicted octanol–water partition coefficient (Wildman–Crippen LogP) is 2.68. The molecule has 0 bridgehead atoms. The van der Waals surface area contributed by atoms with Crippen molar-refractivity contribution >= 4 is 17.5 Å². The fourth-order valence-corrected chi connectivity index (χ4v) is 3.44. The SMILES string of the molecule is Cc1c[nH]c(=O)n1-c1ccc(C(=O)Nc2cccc(C3CCC(=O)N3)c2)cc1. The van der Waals surface area contributed by atoms with Crippen molar-refractivity contribution in [3.8, 4) is 5.69 Å². The van der Waals surface area contributed by atoms with E-state index in [1.54, 1.807) is 35.0 Å². The topological polar surface area (TPSA) is 96.0 Å². The molecule has 0 radical (unpaired) electrons. The molecular weight excluding hydrogens is 356 g/mol. The maximum absolute atomic E-state index is 12.6. The van der Waals surface area contributed by atoms with Crippen LogP contribution < -0.4 is 16.3 Å². The molecule has 1 fully saturated rings. The van der Waals surface area contributed by atoms with Crippen LogP contribution in [0.25, 0.3) is 5.69 Å². The van der Waals surface area contributed by atoms with Crippen molar-refractivity contribution in [2.24, 2.45) is 0 Å². The second-order valence-corrected chi connectivity index (χ2v) is 6.86. The molecule has 1 aliphatic rings. The number of nitrogens with zero attached hydrogens (tertiary/aromatic N) is 1. The summed E-state index contributed by atoms with van der Waals surface area (Å²) in [5, 5.41) is 5.81. The van der Waals surface area contributed by atoms with E-state index < -0.39 is 0 Å². The van der Waals surface area contributed by atoms with Crippen LogP contribution in [0.4, 0.5) is 5.69 Å². The second-order valence-electron chi connectivity index (χ2n) is 6.86. The molecule has 142 valence electrons. The number of aromatic amines is 1. The van der Waals surface area contributed by atoms with E-state index in [1.165, 1.54) is 0 Å². The van der Waals surface area contributed by atoms with Crippen molar-refractivity contribution < 1.29 is 9.59 Å². The number of nitrogens with one attached hydrogen (secondary N) is 3. The minimum atomic E-state index is -0.239. The Kier molecular flexibility index (Phi) is 4.57. The first-order valence-corrected chi connectivity index (χ1v) is 9.09. The molecule has 0 saturated carbocycles. The summed E-state index contributed by atoms with van der Waals surface area (Å²) in [4.78, 5) is 38.5. The van der Waals surface area contributed by atoms with Gasteiger partial charge < -0.3 is 15.6 Å². The first kappa shape index (κ1) is 17.8. The second kappa shape index (κ2) is 7.19. The molecule has 2 amide bonds. The Hall–Kier alpha value is -3.61. The van der Waals surface area contributed by atoms with Crippen molar-refractivity contribution in [3.05, 3.63) is 82.0 Å². The van der Waals surface area contributed by atoms with Crippen LogP contribution >= 0.6 is 0 Å². The summed E-state index contributed by atoms with van der Waals surface area (Å²) in [5.74, 6) is -0.186. The van der Waals surface area contributed by atoms with Gasteiger partial charge in [0.2, 0.25) is 5.91 Å². The number of benzene rings is 2. The molecule has 0 aliphatic carbocycles. The van der Waals surface area contributed by atoms with E-state index in [-0.39, 0.29) is 23.5 Å². The number of anilines is 1. The van der Waals surface area contributed by atoms with Crippen LogP contribution in [0.1, 0.15) is 40.5 Å². The summed E-state index contributed by atoms with van der Waals surface area (Å²) in [5.41, 5.74) is 3.40. The minimum Gasteiger partial charge on any atom is -0.349 e. The molecule has 1 atom stereocenters. The zero-order chi connectivity index (χ0) is 19.7. The third-order valence-electron chi connectivity index (χ3n) is 4.89. The number of rotatable bonds is 4. The molecule has 4 rings (SSSR count). The number of carbonyl (C=O) groups excluding carboxylic acids is 2. The summed E-state index contributed by atoms with van der Waals surface area (Å²) in [7, 11) is 0. The number of amides is 2. The van der Waals surface area contributed by atoms with Gasteiger partial charge in [-0.3, -0.25) is 14.2 Å². The van der Waals surface area contributed by atoms with Crippen LogP contribution in [0.15, 0.2) is 59.5 Å². The standard InChI is InChI=1S/C21H20N4O3/c1-13-12-22-21(28)25(13)17-7-5-14(6-8-17)20(27)23-16-4-2-3-15(11-16)18-9-10-19(26)24-18/h2-8,11-12,18H,9-10H2,1H3,(H,22,28)(H,23,27)(H,24,26). The smallest absolute Gasteiger partial charge is 0.330 e. The van der Waals surface area contributed by atoms with Gasteiger partial charge >= 0.3 is 5.69 Å². The Morgan fingerprint density at radius 2 is 1.93 bits per heavy atom. The van der Waals surface area contributed by atoms with Crippen LogP contribution in [-0.4, -0.2) is 21.4 Å². The van der Waals surface area contributed by atoms with E-state index in [1.807, 2.05) is 31.2 Å². The zero-order valence-electron chi connectivity index (χ0n) is 15.4. The molecular formula is C21H20N4O3. The first-order chi connectivity index (χ1) is 13.5. The van der Waals surface area contributed by atoms with Gasteiger partial charge in [-0.1, -0.05) is 12.1 Å². The van der Waals surface area contributed by atoms with Crippen molar-refractivity contribution in [1.82, 2.24) is 14.9 Å². The Balaban J connectivity index is 1.50. The van der Waals surface area contributed by atoms with Crippen LogP contribution in [0.5, 0.6) is 0 Å². The monoisotopic (exact) mass is 376 g/mol. The molecule has 2 aromatic carbocycles. The number of aromatic nitrogens is 2. The average molecular weight is 376 g/mol. The lowest BCUT2D eigenvalue weighted by atomic mass is 10.0. The maximum atomic E-state index is 12.6. The van der Waals surface area contributed by atoms with Gasteiger partial charge in [0, 0.05) is 29.6 Å². The summed E-state index contributed by atoms with van der Waals surface area (Å²) >= 11 is 0. The molecule has 7 nitrogen and oxygen atoms in total. The van der Waals surface area contributed by atoms with Crippen molar-refractivity contribution in [1.29, 1.82) is 0 Å². The minimum absolute atomic E-state index is 0.00784. The number of carbonyl (C=O) groups is 2. The van der Waals surface area contributed by atoms with Gasteiger partial charge in [0.05, 0.1) is 11.7 Å². The first-order valence-electron chi connectivity index (χ1n) is 9.09. The highest BCUT2D eigenvalue weighted by atomic mass is 16.2. The van der Waals surface area contributed by atoms with E-state index >= 15 is 0 Å². The molecule has 1 unspecified atom stereocenters. The van der Waals surface area contributed by atoms with Crippen LogP contribution in [-0.2, 0) is 4.79 Å². The average Bonchev–Trinajstić information content (AvgIpc) is 3.27. The van der Waals surface area contributed by atoms with Crippen molar-refractivity contribution in [2.75, 3.05) is 5.32 Å². The number of imidazole rings is 1. The van der Waals surface area contributed by atoms with Crippen molar-refractivity contribution in [2.45, 2.75) is 25.8 Å². The number of hydrogen-bond donors (Lipinski definition) is 3. The lowest BCUT2D eigenvalue weighted by Crippen LogP contribution is -2.18. The van der Waals surface area contributed by atoms with Crippen LogP contribution in [0, 0.1) is 6.92 Å². The third kappa shape index (κ3) is 3.46. The number of hydrogen-bond acceptors (Lipinski definition) is 3. The summed E-state index contributed by atoms with van der Waals surface area (Å²) in [6.45, 7) is 1.83. The fraction of sp³-hybridized carbons (Fsp3) is 0.190. The lowest BCUT2D eigenvalue weighted by molar-refractivity contribution is -0.119. The summed E-state index contributed by atoms with van der Waals surface area (Å²) in [6.07, 6.45) is 2.93. The Morgan fingerprint density at radius 1 is 1.14 bits per heavy atom. The molecule has 1 saturated heterocycles. The van der Waals surface area contributed by atoms with Gasteiger partial charge in [-0.15, -0.1) is 0 Å². The van der Waals surface area contributed by atoms with Gasteiger partial charge in [0.25, 0.3) is 5.91 Å². The lowest BCUT2D eigenvalue weighted by Gasteiger charge is -2.13. The predicted molar refractivity (Wildman–Crippen MR) is 106 cm³/mol. The Bertz CT molecular complexity index is 1100. The van der Waals surface area contributed by atoms with E-state index in [0.717, 1.165) is 17.7 Å². The van der Waals surface area contributed by atoms with Gasteiger partial charge in [0.15, 0.2) is 0 Å². The largest absolute Gasteiger partial charge is 0.349 e. The van der Waals surface area contributed by atoms with Crippen LogP contribution in [0.3, 0.4) is 0 Å². The van der Waals surface area contributed by atoms with Gasteiger partial charge in [-0.25, -0.2) is 4.79 Å². The molecule has 28 heavy (non-hydrogen) atoms. The Morgan fingerprint density at radius 3 is 2.57 bits per heavy atom. The summed E-state index contributed by atoms with van der Waals surface area (Å²) in [6, 6.07) is 14.3. The molecule has 0 spiro atoms. The van der Waals surface area contributed by atoms with E-state index in [4.69, 9.17) is 0 Å². The van der Waals surface area contributed by atoms with Gasteiger partial charge in [-0.2, -0.15) is 0 Å². The molecule has 1 aliphatic heterocycles. The van der Waals surface area contributed by atoms with Gasteiger partial charge in [0.1, 0.15) is 0 Å².